The van der Waals surface area contributed by atoms with Crippen LogP contribution in [0, 0.1) is 0 Å². The average Bonchev–Trinajstić information content (AvgIpc) is 0.903. The summed E-state index contributed by atoms with van der Waals surface area (Å²) in [4.78, 5) is 59.0. The highest BCUT2D eigenvalue weighted by atomic mass is 31.2. The molecule has 5 unspecified atom stereocenters. The number of phosphoric ester groups is 2. The molecule has 18 heteroatoms. The third-order valence-corrected chi connectivity index (χ3v) is 20.2. The molecule has 5 atom stereocenters. The van der Waals surface area contributed by atoms with Gasteiger partial charge in [0.15, 0.2) is 6.10 Å². The number of esters is 3. The third kappa shape index (κ3) is 89.0. The molecule has 654 valence electrons. The predicted molar refractivity (Wildman–Crippen MR) is 481 cm³/mol. The van der Waals surface area contributed by atoms with Gasteiger partial charge in [0.2, 0.25) is 0 Å². The van der Waals surface area contributed by atoms with Crippen LogP contribution in [0.25, 0.3) is 0 Å². The molecule has 0 amide bonds. The second-order valence-electron chi connectivity index (χ2n) is 29.3. The third-order valence-electron chi connectivity index (χ3n) is 18.3. The molecule has 0 aromatic carbocycles. The number of rotatable bonds is 83. The van der Waals surface area contributed by atoms with Crippen molar-refractivity contribution in [1.29, 1.82) is 0 Å². The number of carbonyl (C=O) groups excluding carboxylic acids is 3. The van der Waals surface area contributed by atoms with E-state index in [1.54, 1.807) is 0 Å². The minimum absolute atomic E-state index is 0.0665. The van der Waals surface area contributed by atoms with Crippen molar-refractivity contribution >= 4 is 33.6 Å². The van der Waals surface area contributed by atoms with Crippen molar-refractivity contribution in [2.24, 2.45) is 0 Å². The first-order valence-corrected chi connectivity index (χ1v) is 47.7. The predicted octanol–water partition coefficient (Wildman–Crippen LogP) is 27.4. The molecular formula is C97H160O16P2. The van der Waals surface area contributed by atoms with Gasteiger partial charge in [0.1, 0.15) is 25.4 Å². The zero-order valence-electron chi connectivity index (χ0n) is 71.9. The van der Waals surface area contributed by atoms with E-state index in [1.165, 1.54) is 103 Å². The quantitative estimate of drug-likeness (QED) is 0.0146. The Balaban J connectivity index is 4.67. The van der Waals surface area contributed by atoms with Gasteiger partial charge in [-0.25, -0.2) is 9.13 Å². The normalized spacial score (nSPS) is 14.7. The van der Waals surface area contributed by atoms with Crippen LogP contribution in [0.2, 0.25) is 0 Å². The largest absolute Gasteiger partial charge is 0.472 e. The van der Waals surface area contributed by atoms with E-state index < -0.39 is 91.5 Å². The van der Waals surface area contributed by atoms with Gasteiger partial charge in [-0.2, -0.15) is 0 Å². The average molecular weight is 1640 g/mol. The molecule has 0 heterocycles. The van der Waals surface area contributed by atoms with Crippen LogP contribution in [-0.2, 0) is 55.8 Å². The molecule has 0 fully saturated rings. The van der Waals surface area contributed by atoms with E-state index in [0.717, 1.165) is 180 Å². The number of hydrogen-bond donors (Lipinski definition) is 4. The van der Waals surface area contributed by atoms with Crippen LogP contribution in [0.3, 0.4) is 0 Å². The Hall–Kier alpha value is -5.61. The Morgan fingerprint density at radius 2 is 0.461 bits per heavy atom. The summed E-state index contributed by atoms with van der Waals surface area (Å²) >= 11 is 0. The van der Waals surface area contributed by atoms with Crippen LogP contribution >= 0.6 is 15.6 Å². The standard InChI is InChI=1S/C97H160O16P2/c1-4-7-10-13-16-19-22-25-28-31-34-37-40-42-43-44-45-46-47-49-52-53-56-59-62-65-68-71-74-77-80-83-95(100)107-86-92(98)87-109-114(103,104)110-88-93(99)89-111-115(105,106)112-91-94(113-97(102)85-82-79-76-73-70-67-64-61-58-55-50-39-36-33-30-27-24-21-18-15-12-9-6-3)90-108-96(101)84-81-78-75-72-69-66-63-60-57-54-51-48-41-38-35-32-29-26-23-20-17-14-11-8-5-2/h7,9-10,12,16-21,25-30,34-39,42-43,45-46,48,51,55,58,64,67,92-94,98-99H,4-6,8,11,13-15,22-24,31-33,40-41,44,47,49-50,52-54,56-57,59-63,65-66,68-91H2,1-3H3,(H,103,104)(H,105,106)/b10-7-,12-9-,19-16-,20-17-,21-18-,28-25-,29-26-,30-27-,37-34-,38-35-,39-36-,43-42-,46-45-,51-48-,58-55-,67-64-. The zero-order chi connectivity index (χ0) is 83.6. The van der Waals surface area contributed by atoms with Crippen molar-refractivity contribution in [2.75, 3.05) is 39.6 Å². The fourth-order valence-corrected chi connectivity index (χ4v) is 13.1. The summed E-state index contributed by atoms with van der Waals surface area (Å²) in [5.74, 6) is -1.62. The molecule has 0 saturated carbocycles. The molecule has 0 rings (SSSR count). The Morgan fingerprint density at radius 3 is 0.730 bits per heavy atom. The summed E-state index contributed by atoms with van der Waals surface area (Å²) in [7, 11) is -9.83. The second-order valence-corrected chi connectivity index (χ2v) is 32.2. The van der Waals surface area contributed by atoms with Crippen LogP contribution in [0.1, 0.15) is 342 Å². The van der Waals surface area contributed by atoms with Crippen LogP contribution in [-0.4, -0.2) is 95.9 Å². The van der Waals surface area contributed by atoms with E-state index in [9.17, 15) is 43.5 Å². The maximum absolute atomic E-state index is 13.1. The number of aliphatic hydroxyl groups excluding tert-OH is 2. The van der Waals surface area contributed by atoms with Crippen molar-refractivity contribution in [2.45, 2.75) is 360 Å². The lowest BCUT2D eigenvalue weighted by Crippen LogP contribution is -2.30. The maximum atomic E-state index is 13.1. The summed E-state index contributed by atoms with van der Waals surface area (Å²) in [5.41, 5.74) is 0. The van der Waals surface area contributed by atoms with E-state index in [1.807, 2.05) is 0 Å². The van der Waals surface area contributed by atoms with E-state index in [0.29, 0.717) is 19.3 Å². The molecule has 0 spiro atoms. The monoisotopic (exact) mass is 1640 g/mol. The summed E-state index contributed by atoms with van der Waals surface area (Å²) in [6, 6.07) is 0. The van der Waals surface area contributed by atoms with Crippen LogP contribution in [0.4, 0.5) is 0 Å². The molecular weight excluding hydrogens is 1480 g/mol. The number of phosphoric acid groups is 2. The van der Waals surface area contributed by atoms with E-state index in [4.69, 9.17) is 32.3 Å². The molecule has 115 heavy (non-hydrogen) atoms. The molecule has 16 nitrogen and oxygen atoms in total. The van der Waals surface area contributed by atoms with Gasteiger partial charge in [0.05, 0.1) is 26.4 Å². The molecule has 0 saturated heterocycles. The molecule has 0 aromatic heterocycles. The number of carbonyl (C=O) groups is 3. The number of hydrogen-bond acceptors (Lipinski definition) is 14. The molecule has 0 aromatic rings. The van der Waals surface area contributed by atoms with Crippen molar-refractivity contribution < 1.29 is 75.8 Å². The fourth-order valence-electron chi connectivity index (χ4n) is 11.6. The van der Waals surface area contributed by atoms with Gasteiger partial charge < -0.3 is 34.2 Å². The molecule has 0 radical (unpaired) electrons. The number of allylic oxidation sites excluding steroid dienone is 32. The van der Waals surface area contributed by atoms with Crippen LogP contribution in [0.15, 0.2) is 194 Å². The van der Waals surface area contributed by atoms with Crippen molar-refractivity contribution in [1.82, 2.24) is 0 Å². The van der Waals surface area contributed by atoms with Crippen molar-refractivity contribution in [3.8, 4) is 0 Å². The van der Waals surface area contributed by atoms with Gasteiger partial charge in [-0.05, 0) is 167 Å². The number of unbranched alkanes of at least 4 members (excludes halogenated alkanes) is 28. The van der Waals surface area contributed by atoms with Gasteiger partial charge in [-0.15, -0.1) is 0 Å². The van der Waals surface area contributed by atoms with Crippen LogP contribution in [0.5, 0.6) is 0 Å². The summed E-state index contributed by atoms with van der Waals surface area (Å²) < 4.78 is 61.4. The maximum Gasteiger partial charge on any atom is 0.472 e. The Kier molecular flexibility index (Phi) is 83.4. The lowest BCUT2D eigenvalue weighted by atomic mass is 10.0. The summed E-state index contributed by atoms with van der Waals surface area (Å²) in [6.07, 6.45) is 116. The first-order valence-electron chi connectivity index (χ1n) is 44.7. The van der Waals surface area contributed by atoms with Crippen LogP contribution < -0.4 is 0 Å². The molecule has 0 bridgehead atoms. The molecule has 4 N–H and O–H groups in total. The number of ether oxygens (including phenoxy) is 3. The van der Waals surface area contributed by atoms with E-state index >= 15 is 0 Å². The van der Waals surface area contributed by atoms with Gasteiger partial charge in [0, 0.05) is 19.3 Å². The zero-order valence-corrected chi connectivity index (χ0v) is 73.7. The summed E-state index contributed by atoms with van der Waals surface area (Å²) in [5, 5.41) is 20.7. The molecule has 0 aliphatic heterocycles. The Bertz CT molecular complexity index is 2870. The second kappa shape index (κ2) is 87.7. The highest BCUT2D eigenvalue weighted by Crippen LogP contribution is 2.45. The Morgan fingerprint density at radius 1 is 0.252 bits per heavy atom. The van der Waals surface area contributed by atoms with E-state index in [2.05, 4.69) is 215 Å². The van der Waals surface area contributed by atoms with Gasteiger partial charge >= 0.3 is 33.6 Å². The van der Waals surface area contributed by atoms with Gasteiger partial charge in [-0.3, -0.25) is 32.5 Å². The van der Waals surface area contributed by atoms with E-state index in [-0.39, 0.29) is 19.3 Å². The highest BCUT2D eigenvalue weighted by Gasteiger charge is 2.29. The van der Waals surface area contributed by atoms with Gasteiger partial charge in [0.25, 0.3) is 0 Å². The van der Waals surface area contributed by atoms with Gasteiger partial charge in [-0.1, -0.05) is 350 Å². The highest BCUT2D eigenvalue weighted by molar-refractivity contribution is 7.47. The van der Waals surface area contributed by atoms with Crippen molar-refractivity contribution in [3.63, 3.8) is 0 Å². The van der Waals surface area contributed by atoms with Crippen molar-refractivity contribution in [3.05, 3.63) is 194 Å². The summed E-state index contributed by atoms with van der Waals surface area (Å²) in [6.45, 7) is 2.40. The smallest absolute Gasteiger partial charge is 0.463 e. The molecule has 0 aliphatic rings. The first-order chi connectivity index (χ1) is 56.2. The minimum Gasteiger partial charge on any atom is -0.463 e. The fraction of sp³-hybridized carbons (Fsp3) is 0.639. The molecule has 0 aliphatic carbocycles. The SMILES string of the molecule is CC/C=C\C/C=C\C/C=C\C/C=C\C/C=C\C/C=C\CCCCCCCCCCCCCCC(=O)OCC(O)COP(=O)(O)OCC(O)COP(=O)(O)OCC(COC(=O)CCCCCCCCCCC/C=C\C/C=C\C/C=C\C/C=C\CCCCC)OC(=O)CCCCCC/C=C\C/C=C\C/C=C\C/C=C\C/C=C\C/C=C\CC. The first kappa shape index (κ1) is 109. The lowest BCUT2D eigenvalue weighted by molar-refractivity contribution is -0.161. The minimum atomic E-state index is -4.96. The number of aliphatic hydroxyl groups is 2. The Labute approximate surface area is 699 Å². The topological polar surface area (TPSA) is 231 Å². The lowest BCUT2D eigenvalue weighted by Gasteiger charge is -2.21.